The van der Waals surface area contributed by atoms with Gasteiger partial charge in [0.2, 0.25) is 5.91 Å². The molecule has 0 saturated carbocycles. The number of rotatable bonds is 5. The summed E-state index contributed by atoms with van der Waals surface area (Å²) in [6.07, 6.45) is 2.53. The van der Waals surface area contributed by atoms with Crippen molar-refractivity contribution in [2.75, 3.05) is 19.6 Å². The van der Waals surface area contributed by atoms with Gasteiger partial charge in [-0.3, -0.25) is 4.79 Å². The highest BCUT2D eigenvalue weighted by molar-refractivity contribution is 5.84. The molecule has 8 nitrogen and oxygen atoms in total. The number of amides is 1. The number of carboxylic acid groups (broad SMARTS) is 1. The van der Waals surface area contributed by atoms with Gasteiger partial charge in [0.25, 0.3) is 0 Å². The van der Waals surface area contributed by atoms with Crippen LogP contribution in [-0.4, -0.2) is 56.5 Å². The molecule has 0 bridgehead atoms. The first-order valence-electron chi connectivity index (χ1n) is 5.74. The van der Waals surface area contributed by atoms with Crippen LogP contribution >= 0.6 is 0 Å². The van der Waals surface area contributed by atoms with Gasteiger partial charge >= 0.3 is 5.97 Å². The van der Waals surface area contributed by atoms with Gasteiger partial charge in [-0.15, -0.1) is 5.10 Å². The topological polar surface area (TPSA) is 114 Å². The predicted octanol–water partition coefficient (Wildman–Crippen LogP) is -0.901. The van der Waals surface area contributed by atoms with Crippen molar-refractivity contribution < 1.29 is 14.7 Å². The van der Waals surface area contributed by atoms with E-state index in [1.165, 1.54) is 10.9 Å². The molecule has 1 fully saturated rings. The predicted molar refractivity (Wildman–Crippen MR) is 60.9 cm³/mol. The highest BCUT2D eigenvalue weighted by atomic mass is 16.4. The Morgan fingerprint density at radius 3 is 2.78 bits per heavy atom. The van der Waals surface area contributed by atoms with E-state index in [2.05, 4.69) is 10.3 Å². The molecule has 0 unspecified atom stereocenters. The Morgan fingerprint density at radius 2 is 2.22 bits per heavy atom. The third-order valence-corrected chi connectivity index (χ3v) is 2.91. The van der Waals surface area contributed by atoms with Gasteiger partial charge in [0.1, 0.15) is 0 Å². The number of carboxylic acids is 1. The lowest BCUT2D eigenvalue weighted by Gasteiger charge is -2.38. The van der Waals surface area contributed by atoms with Crippen molar-refractivity contribution >= 4 is 11.9 Å². The van der Waals surface area contributed by atoms with Crippen LogP contribution in [0.5, 0.6) is 0 Å². The molecule has 8 heteroatoms. The fourth-order valence-corrected chi connectivity index (χ4v) is 1.79. The number of nitrogens with two attached hydrogens (primary N) is 1. The highest BCUT2D eigenvalue weighted by Gasteiger charge is 2.32. The van der Waals surface area contributed by atoms with Gasteiger partial charge in [-0.2, -0.15) is 0 Å². The van der Waals surface area contributed by atoms with Gasteiger partial charge < -0.3 is 15.7 Å². The van der Waals surface area contributed by atoms with Crippen molar-refractivity contribution in [2.24, 2.45) is 5.73 Å². The number of hydrogen-bond acceptors (Lipinski definition) is 5. The van der Waals surface area contributed by atoms with Crippen LogP contribution in [0.15, 0.2) is 6.20 Å². The molecule has 18 heavy (non-hydrogen) atoms. The second-order valence-electron chi connectivity index (χ2n) is 4.23. The Hall–Kier alpha value is -1.96. The number of likely N-dealkylation sites (tertiary alicyclic amines) is 1. The fraction of sp³-hybridized carbons (Fsp3) is 0.600. The van der Waals surface area contributed by atoms with Gasteiger partial charge in [0.15, 0.2) is 5.69 Å². The average Bonchev–Trinajstić information content (AvgIpc) is 2.73. The molecule has 1 amide bonds. The van der Waals surface area contributed by atoms with E-state index in [0.29, 0.717) is 32.5 Å². The van der Waals surface area contributed by atoms with Crippen molar-refractivity contribution in [3.8, 4) is 0 Å². The van der Waals surface area contributed by atoms with E-state index in [-0.39, 0.29) is 17.6 Å². The molecule has 1 aliphatic heterocycles. The van der Waals surface area contributed by atoms with Crippen molar-refractivity contribution in [3.05, 3.63) is 11.9 Å². The molecular weight excluding hydrogens is 238 g/mol. The van der Waals surface area contributed by atoms with E-state index in [4.69, 9.17) is 10.8 Å². The third kappa shape index (κ3) is 2.48. The number of aromatic nitrogens is 3. The number of carbonyl (C=O) groups is 2. The van der Waals surface area contributed by atoms with Crippen LogP contribution in [0.2, 0.25) is 0 Å². The lowest BCUT2D eigenvalue weighted by molar-refractivity contribution is -0.137. The summed E-state index contributed by atoms with van der Waals surface area (Å²) in [6.45, 7) is 1.60. The molecule has 0 spiro atoms. The molecular formula is C10H15N5O3. The Morgan fingerprint density at radius 1 is 1.50 bits per heavy atom. The second kappa shape index (κ2) is 5.13. The largest absolute Gasteiger partial charge is 0.476 e. The number of hydrogen-bond donors (Lipinski definition) is 2. The zero-order valence-corrected chi connectivity index (χ0v) is 9.82. The SMILES string of the molecule is NCCCC(=O)N1CC(n2cc(C(=O)O)nn2)C1. The van der Waals surface area contributed by atoms with E-state index in [9.17, 15) is 9.59 Å². The summed E-state index contributed by atoms with van der Waals surface area (Å²) in [5.74, 6) is -1.02. The standard InChI is InChI=1S/C10H15N5O3/c11-3-1-2-9(16)14-4-7(5-14)15-6-8(10(17)18)12-13-15/h6-7H,1-5,11H2,(H,17,18). The lowest BCUT2D eigenvalue weighted by Crippen LogP contribution is -2.50. The maximum Gasteiger partial charge on any atom is 0.358 e. The summed E-state index contributed by atoms with van der Waals surface area (Å²) < 4.78 is 1.50. The maximum atomic E-state index is 11.6. The van der Waals surface area contributed by atoms with Crippen LogP contribution in [0.3, 0.4) is 0 Å². The summed E-state index contributed by atoms with van der Waals surface area (Å²) in [5.41, 5.74) is 5.26. The minimum atomic E-state index is -1.10. The highest BCUT2D eigenvalue weighted by Crippen LogP contribution is 2.21. The fourth-order valence-electron chi connectivity index (χ4n) is 1.79. The van der Waals surface area contributed by atoms with Crippen LogP contribution in [0, 0.1) is 0 Å². The number of aromatic carboxylic acids is 1. The van der Waals surface area contributed by atoms with Crippen LogP contribution in [-0.2, 0) is 4.79 Å². The van der Waals surface area contributed by atoms with Crippen molar-refractivity contribution in [1.82, 2.24) is 19.9 Å². The molecule has 3 N–H and O–H groups in total. The zero-order chi connectivity index (χ0) is 13.1. The quantitative estimate of drug-likeness (QED) is 0.702. The molecule has 2 rings (SSSR count). The Bertz CT molecular complexity index is 452. The summed E-state index contributed by atoms with van der Waals surface area (Å²) in [7, 11) is 0. The second-order valence-corrected chi connectivity index (χ2v) is 4.23. The third-order valence-electron chi connectivity index (χ3n) is 2.91. The van der Waals surface area contributed by atoms with Gasteiger partial charge in [-0.05, 0) is 13.0 Å². The van der Waals surface area contributed by atoms with Crippen LogP contribution in [0.25, 0.3) is 0 Å². The molecule has 1 aromatic rings. The van der Waals surface area contributed by atoms with Crippen LogP contribution < -0.4 is 5.73 Å². The molecule has 1 saturated heterocycles. The molecule has 0 atom stereocenters. The molecule has 0 radical (unpaired) electrons. The Balaban J connectivity index is 1.84. The van der Waals surface area contributed by atoms with E-state index in [1.54, 1.807) is 4.90 Å². The first-order valence-corrected chi connectivity index (χ1v) is 5.74. The molecule has 0 aliphatic carbocycles. The zero-order valence-electron chi connectivity index (χ0n) is 9.82. The number of carbonyl (C=O) groups excluding carboxylic acids is 1. The molecule has 98 valence electrons. The summed E-state index contributed by atoms with van der Waals surface area (Å²) >= 11 is 0. The Labute approximate surface area is 103 Å². The number of nitrogens with zero attached hydrogens (tertiary/aromatic N) is 4. The minimum Gasteiger partial charge on any atom is -0.476 e. The van der Waals surface area contributed by atoms with Crippen molar-refractivity contribution in [3.63, 3.8) is 0 Å². The normalized spacial score (nSPS) is 15.5. The summed E-state index contributed by atoms with van der Waals surface area (Å²) in [4.78, 5) is 24.0. The molecule has 1 aromatic heterocycles. The first kappa shape index (κ1) is 12.5. The molecule has 0 aromatic carbocycles. The van der Waals surface area contributed by atoms with Gasteiger partial charge in [-0.25, -0.2) is 9.48 Å². The molecule has 1 aliphatic rings. The average molecular weight is 253 g/mol. The van der Waals surface area contributed by atoms with E-state index in [0.717, 1.165) is 0 Å². The molecule has 2 heterocycles. The van der Waals surface area contributed by atoms with E-state index >= 15 is 0 Å². The van der Waals surface area contributed by atoms with Crippen LogP contribution in [0.4, 0.5) is 0 Å². The van der Waals surface area contributed by atoms with Crippen LogP contribution in [0.1, 0.15) is 29.4 Å². The lowest BCUT2D eigenvalue weighted by atomic mass is 10.1. The Kier molecular flexibility index (Phi) is 3.56. The minimum absolute atomic E-state index is 0.0208. The monoisotopic (exact) mass is 253 g/mol. The van der Waals surface area contributed by atoms with E-state index in [1.807, 2.05) is 0 Å². The summed E-state index contributed by atoms with van der Waals surface area (Å²) in [5, 5.41) is 16.0. The first-order chi connectivity index (χ1) is 8.61. The smallest absolute Gasteiger partial charge is 0.358 e. The van der Waals surface area contributed by atoms with Gasteiger partial charge in [-0.1, -0.05) is 5.21 Å². The van der Waals surface area contributed by atoms with E-state index < -0.39 is 5.97 Å². The summed E-state index contributed by atoms with van der Waals surface area (Å²) in [6, 6.07) is 0.0208. The van der Waals surface area contributed by atoms with Crippen molar-refractivity contribution in [2.45, 2.75) is 18.9 Å². The van der Waals surface area contributed by atoms with Crippen molar-refractivity contribution in [1.29, 1.82) is 0 Å². The maximum absolute atomic E-state index is 11.6. The van der Waals surface area contributed by atoms with Gasteiger partial charge in [0, 0.05) is 19.5 Å². The van der Waals surface area contributed by atoms with Gasteiger partial charge in [0.05, 0.1) is 12.2 Å².